The van der Waals surface area contributed by atoms with Crippen LogP contribution in [0.15, 0.2) is 18.2 Å². The molecular weight excluding hydrogens is 321 g/mol. The fourth-order valence-electron chi connectivity index (χ4n) is 1.28. The Hall–Kier alpha value is -1.07. The van der Waals surface area contributed by atoms with Gasteiger partial charge in [-0.15, -0.1) is 0 Å². The van der Waals surface area contributed by atoms with Gasteiger partial charge in [0, 0.05) is 17.1 Å². The number of ether oxygens (including phenoxy) is 1. The average Bonchev–Trinajstić information content (AvgIpc) is 2.37. The second kappa shape index (κ2) is 6.75. The van der Waals surface area contributed by atoms with Crippen molar-refractivity contribution in [3.8, 4) is 0 Å². The van der Waals surface area contributed by atoms with E-state index in [2.05, 4.69) is 26.0 Å². The first kappa shape index (κ1) is 15.0. The maximum absolute atomic E-state index is 11.8. The van der Waals surface area contributed by atoms with Crippen LogP contribution in [0.5, 0.6) is 0 Å². The quantitative estimate of drug-likeness (QED) is 0.679. The van der Waals surface area contributed by atoms with Gasteiger partial charge in [0.15, 0.2) is 0 Å². The molecule has 0 saturated carbocycles. The van der Waals surface area contributed by atoms with Gasteiger partial charge < -0.3 is 10.1 Å². The molecule has 0 heterocycles. The largest absolute Gasteiger partial charge is 0.468 e. The minimum absolute atomic E-state index is 0.160. The van der Waals surface area contributed by atoms with E-state index < -0.39 is 10.8 Å². The third kappa shape index (κ3) is 3.99. The Morgan fingerprint density at radius 3 is 2.72 bits per heavy atom. The van der Waals surface area contributed by atoms with Crippen LogP contribution in [-0.4, -0.2) is 30.4 Å². The Morgan fingerprint density at radius 2 is 2.17 bits per heavy atom. The predicted molar refractivity (Wildman–Crippen MR) is 73.3 cm³/mol. The van der Waals surface area contributed by atoms with Crippen LogP contribution in [0, 0.1) is 6.92 Å². The smallest absolute Gasteiger partial charge is 0.321 e. The summed E-state index contributed by atoms with van der Waals surface area (Å²) in [5.74, 6) is -0.689. The lowest BCUT2D eigenvalue weighted by Gasteiger charge is -2.09. The van der Waals surface area contributed by atoms with E-state index in [0.29, 0.717) is 10.6 Å². The van der Waals surface area contributed by atoms with E-state index in [9.17, 15) is 9.59 Å². The molecule has 0 bridgehead atoms. The minimum atomic E-state index is -0.556. The summed E-state index contributed by atoms with van der Waals surface area (Å²) >= 11 is 8.99. The van der Waals surface area contributed by atoms with Crippen LogP contribution in [-0.2, 0) is 9.53 Å². The maximum atomic E-state index is 11.8. The highest BCUT2D eigenvalue weighted by Crippen LogP contribution is 2.16. The van der Waals surface area contributed by atoms with Crippen LogP contribution in [0.4, 0.5) is 0 Å². The molecule has 1 atom stereocenters. The molecule has 0 aromatic heterocycles. The van der Waals surface area contributed by atoms with Gasteiger partial charge in [-0.1, -0.05) is 27.5 Å². The van der Waals surface area contributed by atoms with E-state index >= 15 is 0 Å². The highest BCUT2D eigenvalue weighted by molar-refractivity contribution is 9.10. The Balaban J connectivity index is 2.60. The predicted octanol–water partition coefficient (Wildman–Crippen LogP) is 2.31. The molecule has 1 aromatic carbocycles. The Morgan fingerprint density at radius 1 is 1.50 bits per heavy atom. The molecule has 1 amide bonds. The molecule has 0 radical (unpaired) electrons. The number of nitrogens with one attached hydrogen (secondary N) is 1. The van der Waals surface area contributed by atoms with Gasteiger partial charge in [-0.2, -0.15) is 0 Å². The average molecular weight is 335 g/mol. The number of aryl methyl sites for hydroxylation is 1. The van der Waals surface area contributed by atoms with Gasteiger partial charge in [0.25, 0.3) is 5.91 Å². The first-order valence-corrected chi connectivity index (χ1v) is 6.51. The third-order valence-electron chi connectivity index (χ3n) is 2.32. The minimum Gasteiger partial charge on any atom is -0.468 e. The molecule has 18 heavy (non-hydrogen) atoms. The molecule has 1 N–H and O–H groups in total. The summed E-state index contributed by atoms with van der Waals surface area (Å²) in [4.78, 5) is 22.4. The van der Waals surface area contributed by atoms with E-state index in [1.165, 1.54) is 7.11 Å². The number of esters is 1. The number of amides is 1. The Bertz CT molecular complexity index is 465. The molecule has 98 valence electrons. The number of carbonyl (C=O) groups excluding carboxylic acids is 2. The van der Waals surface area contributed by atoms with Crippen molar-refractivity contribution in [3.63, 3.8) is 0 Å². The second-order valence-electron chi connectivity index (χ2n) is 3.66. The van der Waals surface area contributed by atoms with E-state index in [1.807, 2.05) is 6.92 Å². The van der Waals surface area contributed by atoms with Gasteiger partial charge in [-0.3, -0.25) is 9.59 Å². The lowest BCUT2D eigenvalue weighted by atomic mass is 10.1. The number of alkyl halides is 1. The van der Waals surface area contributed by atoms with Gasteiger partial charge in [-0.25, -0.2) is 0 Å². The molecule has 1 unspecified atom stereocenters. The van der Waals surface area contributed by atoms with Crippen molar-refractivity contribution in [1.82, 2.24) is 5.32 Å². The van der Waals surface area contributed by atoms with Gasteiger partial charge >= 0.3 is 5.97 Å². The summed E-state index contributed by atoms with van der Waals surface area (Å²) in [6.07, 6.45) is 0. The normalized spacial score (nSPS) is 11.8. The van der Waals surface area contributed by atoms with Crippen LogP contribution in [0.1, 0.15) is 15.9 Å². The monoisotopic (exact) mass is 333 g/mol. The van der Waals surface area contributed by atoms with E-state index in [-0.39, 0.29) is 12.5 Å². The van der Waals surface area contributed by atoms with Gasteiger partial charge in [0.1, 0.15) is 4.83 Å². The molecule has 0 spiro atoms. The molecule has 1 aromatic rings. The summed E-state index contributed by atoms with van der Waals surface area (Å²) in [6, 6.07) is 4.99. The lowest BCUT2D eigenvalue weighted by Crippen LogP contribution is -2.33. The summed E-state index contributed by atoms with van der Waals surface area (Å²) in [7, 11) is 1.29. The molecule has 0 aliphatic rings. The molecule has 0 aliphatic carbocycles. The van der Waals surface area contributed by atoms with E-state index in [4.69, 9.17) is 11.6 Å². The van der Waals surface area contributed by atoms with Crippen molar-refractivity contribution in [1.29, 1.82) is 0 Å². The lowest BCUT2D eigenvalue weighted by molar-refractivity contribution is -0.139. The second-order valence-corrected chi connectivity index (χ2v) is 5.18. The Labute approximate surface area is 119 Å². The van der Waals surface area contributed by atoms with Crippen LogP contribution in [0.2, 0.25) is 5.02 Å². The van der Waals surface area contributed by atoms with Crippen LogP contribution in [0.25, 0.3) is 0 Å². The van der Waals surface area contributed by atoms with E-state index in [1.54, 1.807) is 18.2 Å². The van der Waals surface area contributed by atoms with Crippen molar-refractivity contribution in [2.45, 2.75) is 11.8 Å². The maximum Gasteiger partial charge on any atom is 0.321 e. The highest BCUT2D eigenvalue weighted by atomic mass is 79.9. The fourth-order valence-corrected chi connectivity index (χ4v) is 1.75. The summed E-state index contributed by atoms with van der Waals surface area (Å²) in [6.45, 7) is 1.98. The summed E-state index contributed by atoms with van der Waals surface area (Å²) in [5.41, 5.74) is 1.33. The molecule has 0 saturated heterocycles. The van der Waals surface area contributed by atoms with Crippen molar-refractivity contribution in [2.75, 3.05) is 13.7 Å². The molecule has 6 heteroatoms. The summed E-state index contributed by atoms with van der Waals surface area (Å²) < 4.78 is 4.53. The van der Waals surface area contributed by atoms with Gasteiger partial charge in [0.05, 0.1) is 7.11 Å². The number of rotatable bonds is 4. The van der Waals surface area contributed by atoms with Crippen LogP contribution >= 0.6 is 27.5 Å². The zero-order valence-corrected chi connectivity index (χ0v) is 12.3. The number of benzene rings is 1. The molecule has 1 rings (SSSR count). The third-order valence-corrected chi connectivity index (χ3v) is 3.44. The topological polar surface area (TPSA) is 55.4 Å². The number of halogens is 2. The van der Waals surface area contributed by atoms with Crippen molar-refractivity contribution >= 4 is 39.4 Å². The first-order chi connectivity index (χ1) is 8.45. The fraction of sp³-hybridized carbons (Fsp3) is 0.333. The first-order valence-electron chi connectivity index (χ1n) is 5.22. The number of methoxy groups -OCH3 is 1. The number of hydrogen-bond donors (Lipinski definition) is 1. The van der Waals surface area contributed by atoms with Crippen LogP contribution < -0.4 is 5.32 Å². The molecule has 0 aliphatic heterocycles. The zero-order valence-electron chi connectivity index (χ0n) is 10.00. The van der Waals surface area contributed by atoms with Gasteiger partial charge in [-0.05, 0) is 30.7 Å². The van der Waals surface area contributed by atoms with Crippen LogP contribution in [0.3, 0.4) is 0 Å². The number of hydrogen-bond acceptors (Lipinski definition) is 3. The highest BCUT2D eigenvalue weighted by Gasteiger charge is 2.16. The van der Waals surface area contributed by atoms with Crippen molar-refractivity contribution in [3.05, 3.63) is 34.3 Å². The standard InChI is InChI=1S/C12H13BrClNO3/c1-7-5-8(3-4-10(7)14)11(16)15-6-9(13)12(17)18-2/h3-5,9H,6H2,1-2H3,(H,15,16). The number of carbonyl (C=O) groups is 2. The molecular formula is C12H13BrClNO3. The zero-order chi connectivity index (χ0) is 13.7. The van der Waals surface area contributed by atoms with E-state index in [0.717, 1.165) is 5.56 Å². The SMILES string of the molecule is COC(=O)C(Br)CNC(=O)c1ccc(Cl)c(C)c1. The van der Waals surface area contributed by atoms with Gasteiger partial charge in [0.2, 0.25) is 0 Å². The molecule has 4 nitrogen and oxygen atoms in total. The molecule has 0 fully saturated rings. The Kier molecular flexibility index (Phi) is 5.62. The van der Waals surface area contributed by atoms with Crippen molar-refractivity contribution < 1.29 is 14.3 Å². The van der Waals surface area contributed by atoms with Crippen molar-refractivity contribution in [2.24, 2.45) is 0 Å². The summed E-state index contributed by atoms with van der Waals surface area (Å²) in [5, 5.41) is 3.24.